The van der Waals surface area contributed by atoms with Crippen molar-refractivity contribution in [3.05, 3.63) is 71.8 Å². The van der Waals surface area contributed by atoms with Gasteiger partial charge in [0.1, 0.15) is 0 Å². The first-order valence-corrected chi connectivity index (χ1v) is 7.65. The van der Waals surface area contributed by atoms with Gasteiger partial charge in [-0.1, -0.05) is 72.8 Å². The summed E-state index contributed by atoms with van der Waals surface area (Å²) in [4.78, 5) is 0. The Labute approximate surface area is 107 Å². The van der Waals surface area contributed by atoms with Crippen LogP contribution in [0, 0.1) is 0 Å². The summed E-state index contributed by atoms with van der Waals surface area (Å²) in [5, 5.41) is 0. The van der Waals surface area contributed by atoms with Crippen molar-refractivity contribution in [2.45, 2.75) is 24.9 Å². The van der Waals surface area contributed by atoms with Crippen LogP contribution in [0.4, 0.5) is 0 Å². The average molecular weight is 238 g/mol. The molecule has 2 rings (SSSR count). The normalized spacial score (nSPS) is 10.4. The summed E-state index contributed by atoms with van der Waals surface area (Å²) >= 11 is 0. The summed E-state index contributed by atoms with van der Waals surface area (Å²) in [6.07, 6.45) is 2.46. The zero-order chi connectivity index (χ0) is 11.8. The van der Waals surface area contributed by atoms with Gasteiger partial charge in [-0.25, -0.2) is 0 Å². The van der Waals surface area contributed by atoms with Crippen molar-refractivity contribution in [1.82, 2.24) is 0 Å². The van der Waals surface area contributed by atoms with Gasteiger partial charge >= 0.3 is 0 Å². The monoisotopic (exact) mass is 238 g/mol. The third-order valence-corrected chi connectivity index (χ3v) is 4.07. The van der Waals surface area contributed by atoms with Gasteiger partial charge in [-0.2, -0.15) is 0 Å². The molecule has 2 aromatic rings. The van der Waals surface area contributed by atoms with E-state index >= 15 is 0 Å². The SMILES string of the molecule is c1ccc(CC[Si]CCc2ccccc2)cc1. The molecule has 1 heteroatoms. The van der Waals surface area contributed by atoms with E-state index in [0.717, 1.165) is 9.52 Å². The lowest BCUT2D eigenvalue weighted by Crippen LogP contribution is -1.95. The minimum atomic E-state index is 1.08. The summed E-state index contributed by atoms with van der Waals surface area (Å²) in [5.74, 6) is 0. The lowest BCUT2D eigenvalue weighted by Gasteiger charge is -2.01. The molecule has 0 aromatic heterocycles. The molecule has 0 amide bonds. The fourth-order valence-corrected chi connectivity index (χ4v) is 3.06. The topological polar surface area (TPSA) is 0 Å². The molecule has 0 unspecified atom stereocenters. The summed E-state index contributed by atoms with van der Waals surface area (Å²) in [5.41, 5.74) is 2.94. The lowest BCUT2D eigenvalue weighted by molar-refractivity contribution is 1.07. The van der Waals surface area contributed by atoms with Gasteiger partial charge in [-0.3, -0.25) is 0 Å². The first kappa shape index (κ1) is 12.1. The molecule has 0 aliphatic rings. The Bertz CT molecular complexity index is 367. The lowest BCUT2D eigenvalue weighted by atomic mass is 10.2. The third kappa shape index (κ3) is 4.57. The molecule has 0 fully saturated rings. The van der Waals surface area contributed by atoms with Crippen LogP contribution in [0.3, 0.4) is 0 Å². The van der Waals surface area contributed by atoms with E-state index in [4.69, 9.17) is 0 Å². The maximum Gasteiger partial charge on any atom is 0.0384 e. The molecule has 0 atom stereocenters. The molecule has 2 radical (unpaired) electrons. The minimum Gasteiger partial charge on any atom is -0.0622 e. The van der Waals surface area contributed by atoms with Crippen LogP contribution in [0.5, 0.6) is 0 Å². The fraction of sp³-hybridized carbons (Fsp3) is 0.250. The predicted molar refractivity (Wildman–Crippen MR) is 75.7 cm³/mol. The van der Waals surface area contributed by atoms with E-state index < -0.39 is 0 Å². The average Bonchev–Trinajstić information content (AvgIpc) is 2.41. The van der Waals surface area contributed by atoms with Crippen molar-refractivity contribution in [3.63, 3.8) is 0 Å². The number of benzene rings is 2. The van der Waals surface area contributed by atoms with Gasteiger partial charge < -0.3 is 0 Å². The Hall–Kier alpha value is -1.34. The Morgan fingerprint density at radius 3 is 1.41 bits per heavy atom. The van der Waals surface area contributed by atoms with Crippen LogP contribution in [0.1, 0.15) is 11.1 Å². The zero-order valence-corrected chi connectivity index (χ0v) is 11.1. The summed E-state index contributed by atoms with van der Waals surface area (Å²) < 4.78 is 0. The molecule has 0 nitrogen and oxygen atoms in total. The molecule has 0 spiro atoms. The van der Waals surface area contributed by atoms with E-state index in [0.29, 0.717) is 0 Å². The number of rotatable bonds is 6. The van der Waals surface area contributed by atoms with Gasteiger partial charge in [-0.05, 0) is 24.0 Å². The summed E-state index contributed by atoms with van der Waals surface area (Å²) in [6, 6.07) is 24.2. The summed E-state index contributed by atoms with van der Waals surface area (Å²) in [7, 11) is 1.08. The second kappa shape index (κ2) is 7.07. The van der Waals surface area contributed by atoms with Crippen LogP contribution in [0.15, 0.2) is 60.7 Å². The summed E-state index contributed by atoms with van der Waals surface area (Å²) in [6.45, 7) is 0. The largest absolute Gasteiger partial charge is 0.0622 e. The van der Waals surface area contributed by atoms with Crippen molar-refractivity contribution < 1.29 is 0 Å². The molecule has 0 bridgehead atoms. The van der Waals surface area contributed by atoms with Crippen LogP contribution in [0.2, 0.25) is 12.1 Å². The minimum absolute atomic E-state index is 1.08. The molecule has 0 heterocycles. The molecule has 86 valence electrons. The molecule has 0 saturated carbocycles. The van der Waals surface area contributed by atoms with Gasteiger partial charge in [0.2, 0.25) is 0 Å². The van der Waals surface area contributed by atoms with E-state index in [9.17, 15) is 0 Å². The molecule has 2 aromatic carbocycles. The van der Waals surface area contributed by atoms with Crippen molar-refractivity contribution in [2.75, 3.05) is 0 Å². The maximum absolute atomic E-state index is 2.22. The van der Waals surface area contributed by atoms with E-state index in [1.165, 1.54) is 36.1 Å². The smallest absolute Gasteiger partial charge is 0.0384 e. The van der Waals surface area contributed by atoms with Crippen molar-refractivity contribution in [3.8, 4) is 0 Å². The molecule has 0 aliphatic heterocycles. The highest BCUT2D eigenvalue weighted by atomic mass is 28.2. The quantitative estimate of drug-likeness (QED) is 0.527. The van der Waals surface area contributed by atoms with E-state index in [-0.39, 0.29) is 0 Å². The highest BCUT2D eigenvalue weighted by Crippen LogP contribution is 2.06. The molecule has 0 aliphatic carbocycles. The predicted octanol–water partition coefficient (Wildman–Crippen LogP) is 4.01. The Morgan fingerprint density at radius 1 is 0.588 bits per heavy atom. The molecule has 0 saturated heterocycles. The second-order valence-corrected chi connectivity index (χ2v) is 5.72. The Balaban J connectivity index is 1.61. The zero-order valence-electron chi connectivity index (χ0n) is 10.1. The fourth-order valence-electron chi connectivity index (χ4n) is 1.88. The third-order valence-electron chi connectivity index (χ3n) is 2.87. The highest BCUT2D eigenvalue weighted by molar-refractivity contribution is 6.35. The van der Waals surface area contributed by atoms with Crippen LogP contribution < -0.4 is 0 Å². The van der Waals surface area contributed by atoms with Gasteiger partial charge in [0.15, 0.2) is 0 Å². The van der Waals surface area contributed by atoms with Gasteiger partial charge in [0.05, 0.1) is 0 Å². The standard InChI is InChI=1S/C16H18Si/c1-3-7-15(8-4-1)11-13-17-14-12-16-9-5-2-6-10-16/h1-10H,11-14H2. The van der Waals surface area contributed by atoms with Gasteiger partial charge in [0, 0.05) is 9.52 Å². The van der Waals surface area contributed by atoms with Crippen molar-refractivity contribution >= 4 is 9.52 Å². The van der Waals surface area contributed by atoms with Crippen LogP contribution >= 0.6 is 0 Å². The molecule has 17 heavy (non-hydrogen) atoms. The van der Waals surface area contributed by atoms with E-state index in [2.05, 4.69) is 60.7 Å². The van der Waals surface area contributed by atoms with Crippen molar-refractivity contribution in [1.29, 1.82) is 0 Å². The van der Waals surface area contributed by atoms with Gasteiger partial charge in [0.25, 0.3) is 0 Å². The molecule has 0 N–H and O–H groups in total. The van der Waals surface area contributed by atoms with E-state index in [1.54, 1.807) is 0 Å². The van der Waals surface area contributed by atoms with Crippen LogP contribution in [0.25, 0.3) is 0 Å². The molecular formula is C16H18Si. The van der Waals surface area contributed by atoms with Crippen LogP contribution in [-0.2, 0) is 12.8 Å². The first-order valence-electron chi connectivity index (χ1n) is 6.24. The van der Waals surface area contributed by atoms with Gasteiger partial charge in [-0.15, -0.1) is 0 Å². The van der Waals surface area contributed by atoms with Crippen molar-refractivity contribution in [2.24, 2.45) is 0 Å². The number of hydrogen-bond donors (Lipinski definition) is 0. The highest BCUT2D eigenvalue weighted by Gasteiger charge is 1.95. The Kier molecular flexibility index (Phi) is 5.05. The molecular weight excluding hydrogens is 220 g/mol. The number of hydrogen-bond acceptors (Lipinski definition) is 0. The Morgan fingerprint density at radius 2 is 1.00 bits per heavy atom. The number of aryl methyl sites for hydroxylation is 2. The maximum atomic E-state index is 2.22. The second-order valence-electron chi connectivity index (χ2n) is 4.22. The van der Waals surface area contributed by atoms with Crippen LogP contribution in [-0.4, -0.2) is 9.52 Å². The van der Waals surface area contributed by atoms with E-state index in [1.807, 2.05) is 0 Å². The first-order chi connectivity index (χ1) is 8.45.